The zero-order chi connectivity index (χ0) is 12.4. The zero-order valence-electron chi connectivity index (χ0n) is 10.3. The summed E-state index contributed by atoms with van der Waals surface area (Å²) in [4.78, 5) is 16.3. The van der Waals surface area contributed by atoms with Crippen LogP contribution in [-0.2, 0) is 9.53 Å². The van der Waals surface area contributed by atoms with Crippen LogP contribution in [0.4, 0.5) is 5.95 Å². The topological polar surface area (TPSA) is 79.9 Å². The number of nitrogens with zero attached hydrogens (tertiary/aromatic N) is 2. The third-order valence-corrected chi connectivity index (χ3v) is 3.76. The number of rotatable bonds is 3. The molecular formula is C12H18N4O2. The highest BCUT2D eigenvalue weighted by molar-refractivity contribution is 5.91. The molecule has 0 radical (unpaired) electrons. The van der Waals surface area contributed by atoms with Crippen LogP contribution in [-0.4, -0.2) is 34.3 Å². The lowest BCUT2D eigenvalue weighted by Crippen LogP contribution is -2.30. The van der Waals surface area contributed by atoms with Crippen LogP contribution < -0.4 is 5.32 Å². The zero-order valence-corrected chi connectivity index (χ0v) is 10.3. The van der Waals surface area contributed by atoms with Crippen LogP contribution >= 0.6 is 0 Å². The van der Waals surface area contributed by atoms with Crippen molar-refractivity contribution in [2.75, 3.05) is 18.5 Å². The normalized spacial score (nSPS) is 24.6. The second-order valence-electron chi connectivity index (χ2n) is 5.08. The molecule has 1 aliphatic heterocycles. The van der Waals surface area contributed by atoms with E-state index in [4.69, 9.17) is 4.74 Å². The molecule has 1 atom stereocenters. The number of anilines is 1. The minimum atomic E-state index is -0.0654. The van der Waals surface area contributed by atoms with Gasteiger partial charge >= 0.3 is 0 Å². The Morgan fingerprint density at radius 2 is 2.22 bits per heavy atom. The van der Waals surface area contributed by atoms with Crippen LogP contribution in [0, 0.1) is 5.92 Å². The van der Waals surface area contributed by atoms with Gasteiger partial charge in [0, 0.05) is 12.5 Å². The summed E-state index contributed by atoms with van der Waals surface area (Å²) in [6.07, 6.45) is 5.41. The molecule has 0 bridgehead atoms. The molecule has 2 N–H and O–H groups in total. The number of ether oxygens (including phenoxy) is 1. The van der Waals surface area contributed by atoms with Gasteiger partial charge in [-0.15, -0.1) is 5.10 Å². The Morgan fingerprint density at radius 3 is 2.89 bits per heavy atom. The summed E-state index contributed by atoms with van der Waals surface area (Å²) in [6, 6.07) is 0. The fourth-order valence-electron chi connectivity index (χ4n) is 2.35. The first-order chi connectivity index (χ1) is 8.83. The molecule has 1 aromatic rings. The van der Waals surface area contributed by atoms with Crippen LogP contribution in [0.15, 0.2) is 0 Å². The van der Waals surface area contributed by atoms with Crippen molar-refractivity contribution in [3.63, 3.8) is 0 Å². The Bertz CT molecular complexity index is 421. The van der Waals surface area contributed by atoms with Crippen LogP contribution in [0.1, 0.15) is 43.8 Å². The molecule has 2 fully saturated rings. The molecule has 1 unspecified atom stereocenters. The summed E-state index contributed by atoms with van der Waals surface area (Å²) in [5.41, 5.74) is 0. The molecule has 18 heavy (non-hydrogen) atoms. The van der Waals surface area contributed by atoms with Gasteiger partial charge in [-0.25, -0.2) is 0 Å². The molecule has 1 aliphatic carbocycles. The minimum absolute atomic E-state index is 0.0335. The number of H-pyrrole nitrogens is 1. The maximum atomic E-state index is 11.9. The lowest BCUT2D eigenvalue weighted by molar-refractivity contribution is -0.123. The van der Waals surface area contributed by atoms with Gasteiger partial charge in [-0.3, -0.25) is 15.2 Å². The molecule has 1 amide bonds. The minimum Gasteiger partial charge on any atom is -0.381 e. The monoisotopic (exact) mass is 250 g/mol. The molecule has 1 saturated heterocycles. The molecule has 6 heteroatoms. The average molecular weight is 250 g/mol. The summed E-state index contributed by atoms with van der Waals surface area (Å²) < 4.78 is 5.30. The highest BCUT2D eigenvalue weighted by atomic mass is 16.5. The van der Waals surface area contributed by atoms with Crippen molar-refractivity contribution in [3.8, 4) is 0 Å². The smallest absolute Gasteiger partial charge is 0.248 e. The van der Waals surface area contributed by atoms with Gasteiger partial charge in [0.15, 0.2) is 0 Å². The average Bonchev–Trinajstić information content (AvgIpc) is 2.76. The summed E-state index contributed by atoms with van der Waals surface area (Å²) in [5.74, 6) is 1.70. The van der Waals surface area contributed by atoms with Crippen molar-refractivity contribution in [1.29, 1.82) is 0 Å². The first kappa shape index (κ1) is 11.6. The summed E-state index contributed by atoms with van der Waals surface area (Å²) >= 11 is 0. The molecule has 6 nitrogen and oxygen atoms in total. The standard InChI is InChI=1S/C12H18N4O2/c17-11(9-5-2-6-18-7-9)14-12-13-10(15-16-12)8-3-1-4-8/h8-9H,1-7H2,(H2,13,14,15,16,17). The molecule has 1 aromatic heterocycles. The van der Waals surface area contributed by atoms with E-state index in [0.717, 1.165) is 25.3 Å². The lowest BCUT2D eigenvalue weighted by atomic mass is 9.85. The third-order valence-electron chi connectivity index (χ3n) is 3.76. The predicted molar refractivity (Wildman–Crippen MR) is 65.1 cm³/mol. The lowest BCUT2D eigenvalue weighted by Gasteiger charge is -2.22. The van der Waals surface area contributed by atoms with E-state index in [9.17, 15) is 4.79 Å². The number of hydrogen-bond acceptors (Lipinski definition) is 4. The molecule has 2 aliphatic rings. The summed E-state index contributed by atoms with van der Waals surface area (Å²) in [7, 11) is 0. The Balaban J connectivity index is 1.57. The van der Waals surface area contributed by atoms with E-state index >= 15 is 0 Å². The van der Waals surface area contributed by atoms with Gasteiger partial charge in [0.25, 0.3) is 0 Å². The van der Waals surface area contributed by atoms with Crippen molar-refractivity contribution in [2.24, 2.45) is 5.92 Å². The quantitative estimate of drug-likeness (QED) is 0.850. The van der Waals surface area contributed by atoms with Gasteiger partial charge in [0.05, 0.1) is 12.5 Å². The van der Waals surface area contributed by atoms with E-state index in [1.165, 1.54) is 19.3 Å². The molecule has 3 rings (SSSR count). The van der Waals surface area contributed by atoms with E-state index in [1.54, 1.807) is 0 Å². The second-order valence-corrected chi connectivity index (χ2v) is 5.08. The van der Waals surface area contributed by atoms with Gasteiger partial charge in [-0.1, -0.05) is 6.42 Å². The van der Waals surface area contributed by atoms with E-state index < -0.39 is 0 Å². The number of amides is 1. The highest BCUT2D eigenvalue weighted by Crippen LogP contribution is 2.34. The highest BCUT2D eigenvalue weighted by Gasteiger charge is 2.25. The summed E-state index contributed by atoms with van der Waals surface area (Å²) in [5, 5.41) is 9.72. The molecular weight excluding hydrogens is 232 g/mol. The van der Waals surface area contributed by atoms with E-state index in [-0.39, 0.29) is 11.8 Å². The van der Waals surface area contributed by atoms with Crippen LogP contribution in [0.3, 0.4) is 0 Å². The number of carbonyl (C=O) groups is 1. The van der Waals surface area contributed by atoms with E-state index in [1.807, 2.05) is 0 Å². The fraction of sp³-hybridized carbons (Fsp3) is 0.750. The van der Waals surface area contributed by atoms with Crippen molar-refractivity contribution in [2.45, 2.75) is 38.0 Å². The van der Waals surface area contributed by atoms with Crippen LogP contribution in [0.2, 0.25) is 0 Å². The first-order valence-electron chi connectivity index (χ1n) is 6.64. The second kappa shape index (κ2) is 5.06. The Morgan fingerprint density at radius 1 is 1.33 bits per heavy atom. The Kier molecular flexibility index (Phi) is 3.27. The first-order valence-corrected chi connectivity index (χ1v) is 6.64. The van der Waals surface area contributed by atoms with Crippen molar-refractivity contribution in [3.05, 3.63) is 5.82 Å². The Labute approximate surface area is 106 Å². The largest absolute Gasteiger partial charge is 0.381 e. The SMILES string of the molecule is O=C(Nc1n[nH]c(C2CCC2)n1)C1CCCOC1. The molecule has 1 saturated carbocycles. The molecule has 0 aromatic carbocycles. The summed E-state index contributed by atoms with van der Waals surface area (Å²) in [6.45, 7) is 1.27. The number of nitrogens with one attached hydrogen (secondary N) is 2. The van der Waals surface area contributed by atoms with Crippen molar-refractivity contribution >= 4 is 11.9 Å². The predicted octanol–water partition coefficient (Wildman–Crippen LogP) is 1.44. The fourth-order valence-corrected chi connectivity index (χ4v) is 2.35. The van der Waals surface area contributed by atoms with Crippen LogP contribution in [0.25, 0.3) is 0 Å². The van der Waals surface area contributed by atoms with Gasteiger partial charge < -0.3 is 4.74 Å². The van der Waals surface area contributed by atoms with Gasteiger partial charge in [-0.05, 0) is 25.7 Å². The molecule has 98 valence electrons. The van der Waals surface area contributed by atoms with E-state index in [0.29, 0.717) is 18.5 Å². The molecule has 2 heterocycles. The van der Waals surface area contributed by atoms with Crippen LogP contribution in [0.5, 0.6) is 0 Å². The number of aromatic nitrogens is 3. The number of hydrogen-bond donors (Lipinski definition) is 2. The Hall–Kier alpha value is -1.43. The van der Waals surface area contributed by atoms with Gasteiger partial charge in [-0.2, -0.15) is 4.98 Å². The number of aromatic amines is 1. The third kappa shape index (κ3) is 2.38. The van der Waals surface area contributed by atoms with Crippen molar-refractivity contribution < 1.29 is 9.53 Å². The number of carbonyl (C=O) groups excluding carboxylic acids is 1. The molecule has 0 spiro atoms. The van der Waals surface area contributed by atoms with Gasteiger partial charge in [0.2, 0.25) is 11.9 Å². The maximum Gasteiger partial charge on any atom is 0.248 e. The van der Waals surface area contributed by atoms with Crippen molar-refractivity contribution in [1.82, 2.24) is 15.2 Å². The van der Waals surface area contributed by atoms with E-state index in [2.05, 4.69) is 20.5 Å². The van der Waals surface area contributed by atoms with Gasteiger partial charge in [0.1, 0.15) is 5.82 Å². The maximum absolute atomic E-state index is 11.9.